The van der Waals surface area contributed by atoms with Gasteiger partial charge in [-0.25, -0.2) is 4.79 Å². The second kappa shape index (κ2) is 14.1. The summed E-state index contributed by atoms with van der Waals surface area (Å²) in [4.78, 5) is 39.1. The Morgan fingerprint density at radius 3 is 2.41 bits per heavy atom. The molecule has 0 fully saturated rings. The number of hydrogen-bond acceptors (Lipinski definition) is 10. The van der Waals surface area contributed by atoms with Gasteiger partial charge in [-0.05, 0) is 53.8 Å². The highest BCUT2D eigenvalue weighted by Gasteiger charge is 2.29. The average molecular weight is 618 g/mol. The molecule has 0 saturated carbocycles. The van der Waals surface area contributed by atoms with Crippen molar-refractivity contribution in [3.63, 3.8) is 0 Å². The van der Waals surface area contributed by atoms with Gasteiger partial charge in [0, 0.05) is 37.4 Å². The molecule has 0 spiro atoms. The molecule has 1 aromatic heterocycles. The Balaban J connectivity index is 1.58. The van der Waals surface area contributed by atoms with Crippen LogP contribution in [0.4, 0.5) is 35.5 Å². The fourth-order valence-electron chi connectivity index (χ4n) is 4.22. The zero-order valence-corrected chi connectivity index (χ0v) is 24.5. The number of carbonyl (C=O) groups is 2. The van der Waals surface area contributed by atoms with Gasteiger partial charge < -0.3 is 35.1 Å². The van der Waals surface area contributed by atoms with E-state index in [0.29, 0.717) is 43.1 Å². The van der Waals surface area contributed by atoms with Crippen molar-refractivity contribution in [2.24, 2.45) is 5.41 Å². The minimum atomic E-state index is -4.58. The SMILES string of the molecule is COC(=O)N1CCCOc2ccc(cc2)CNc2nc(nc(OCC(F)(F)F)n2)Nc2ccc(cc2)C(=O)NCC(C)(C)C1. The molecule has 6 bridgehead atoms. The van der Waals surface area contributed by atoms with Crippen molar-refractivity contribution in [1.29, 1.82) is 0 Å². The van der Waals surface area contributed by atoms with Gasteiger partial charge in [-0.2, -0.15) is 28.1 Å². The van der Waals surface area contributed by atoms with E-state index in [-0.39, 0.29) is 30.9 Å². The third kappa shape index (κ3) is 9.88. The van der Waals surface area contributed by atoms with Gasteiger partial charge in [0.25, 0.3) is 5.91 Å². The van der Waals surface area contributed by atoms with Gasteiger partial charge >= 0.3 is 18.3 Å². The van der Waals surface area contributed by atoms with Crippen molar-refractivity contribution < 1.29 is 37.0 Å². The Hall–Kier alpha value is -4.82. The van der Waals surface area contributed by atoms with Crippen LogP contribution in [-0.2, 0) is 11.3 Å². The molecule has 0 aliphatic carbocycles. The molecule has 236 valence electrons. The first-order chi connectivity index (χ1) is 20.9. The van der Waals surface area contributed by atoms with Gasteiger partial charge in [0.2, 0.25) is 11.9 Å². The quantitative estimate of drug-likeness (QED) is 0.368. The summed E-state index contributed by atoms with van der Waals surface area (Å²) in [6, 6.07) is 13.1. The predicted molar refractivity (Wildman–Crippen MR) is 155 cm³/mol. The van der Waals surface area contributed by atoms with Crippen LogP contribution in [0.3, 0.4) is 0 Å². The van der Waals surface area contributed by atoms with Crippen molar-refractivity contribution in [1.82, 2.24) is 25.2 Å². The van der Waals surface area contributed by atoms with Crippen molar-refractivity contribution in [2.45, 2.75) is 33.0 Å². The van der Waals surface area contributed by atoms with Gasteiger partial charge in [-0.3, -0.25) is 4.79 Å². The third-order valence-corrected chi connectivity index (χ3v) is 6.38. The molecule has 3 N–H and O–H groups in total. The smallest absolute Gasteiger partial charge is 0.422 e. The molecule has 0 unspecified atom stereocenters. The molecule has 2 amide bonds. The van der Waals surface area contributed by atoms with Crippen LogP contribution in [0, 0.1) is 5.41 Å². The summed E-state index contributed by atoms with van der Waals surface area (Å²) in [5.74, 6) is 0.225. The maximum absolute atomic E-state index is 12.9. The van der Waals surface area contributed by atoms with Crippen LogP contribution in [0.1, 0.15) is 36.2 Å². The number of aromatic nitrogens is 3. The van der Waals surface area contributed by atoms with Crippen molar-refractivity contribution in [3.8, 4) is 11.8 Å². The van der Waals surface area contributed by atoms with E-state index in [4.69, 9.17) is 14.2 Å². The summed E-state index contributed by atoms with van der Waals surface area (Å²) in [5, 5.41) is 8.78. The molecule has 0 saturated heterocycles. The van der Waals surface area contributed by atoms with Crippen LogP contribution in [0.5, 0.6) is 11.8 Å². The first-order valence-corrected chi connectivity index (χ1v) is 13.8. The van der Waals surface area contributed by atoms with Crippen LogP contribution in [0.2, 0.25) is 0 Å². The van der Waals surface area contributed by atoms with E-state index >= 15 is 0 Å². The summed E-state index contributed by atoms with van der Waals surface area (Å²) < 4.78 is 53.9. The summed E-state index contributed by atoms with van der Waals surface area (Å²) in [6.45, 7) is 3.90. The predicted octanol–water partition coefficient (Wildman–Crippen LogP) is 4.78. The summed E-state index contributed by atoms with van der Waals surface area (Å²) in [7, 11) is 1.33. The number of benzene rings is 2. The Morgan fingerprint density at radius 2 is 1.73 bits per heavy atom. The van der Waals surface area contributed by atoms with E-state index in [1.807, 2.05) is 26.0 Å². The zero-order valence-electron chi connectivity index (χ0n) is 24.5. The van der Waals surface area contributed by atoms with Gasteiger partial charge in [0.05, 0.1) is 13.7 Å². The molecule has 3 aromatic rings. The summed E-state index contributed by atoms with van der Waals surface area (Å²) in [5.41, 5.74) is 1.19. The van der Waals surface area contributed by atoms with Crippen molar-refractivity contribution in [3.05, 3.63) is 59.7 Å². The number of carbonyl (C=O) groups excluding carboxylic acids is 2. The maximum Gasteiger partial charge on any atom is 0.422 e. The number of rotatable bonds is 2. The summed E-state index contributed by atoms with van der Waals surface area (Å²) >= 11 is 0. The molecular formula is C29H34F3N7O5. The van der Waals surface area contributed by atoms with Crippen LogP contribution >= 0.6 is 0 Å². The molecular weight excluding hydrogens is 583 g/mol. The lowest BCUT2D eigenvalue weighted by molar-refractivity contribution is -0.154. The molecule has 5 heterocycles. The molecule has 2 aromatic carbocycles. The molecule has 4 aliphatic heterocycles. The number of nitrogens with zero attached hydrogens (tertiary/aromatic N) is 4. The van der Waals surface area contributed by atoms with Crippen molar-refractivity contribution in [2.75, 3.05) is 50.6 Å². The van der Waals surface area contributed by atoms with Crippen LogP contribution in [0.15, 0.2) is 48.5 Å². The fraction of sp³-hybridized carbons (Fsp3) is 0.414. The highest BCUT2D eigenvalue weighted by Crippen LogP contribution is 2.22. The van der Waals surface area contributed by atoms with Gasteiger partial charge in [-0.1, -0.05) is 26.0 Å². The molecule has 44 heavy (non-hydrogen) atoms. The minimum absolute atomic E-state index is 0.0109. The number of hydrogen-bond donors (Lipinski definition) is 3. The number of amides is 2. The lowest BCUT2D eigenvalue weighted by Crippen LogP contribution is -2.45. The lowest BCUT2D eigenvalue weighted by Gasteiger charge is -2.32. The molecule has 4 aliphatic rings. The summed E-state index contributed by atoms with van der Waals surface area (Å²) in [6.07, 6.45) is -4.50. The maximum atomic E-state index is 12.9. The van der Waals surface area contributed by atoms with Crippen LogP contribution in [-0.4, -0.2) is 78.0 Å². The van der Waals surface area contributed by atoms with Gasteiger partial charge in [0.1, 0.15) is 5.75 Å². The number of ether oxygens (including phenoxy) is 3. The molecule has 0 radical (unpaired) electrons. The first-order valence-electron chi connectivity index (χ1n) is 13.8. The number of nitrogens with one attached hydrogen (secondary N) is 3. The third-order valence-electron chi connectivity index (χ3n) is 6.38. The van der Waals surface area contributed by atoms with Crippen molar-refractivity contribution >= 4 is 29.6 Å². The minimum Gasteiger partial charge on any atom is -0.494 e. The average Bonchev–Trinajstić information content (AvgIpc) is 2.99. The van der Waals surface area contributed by atoms with E-state index < -0.39 is 30.3 Å². The number of alkyl halides is 3. The fourth-order valence-corrected chi connectivity index (χ4v) is 4.22. The van der Waals surface area contributed by atoms with E-state index in [2.05, 4.69) is 30.9 Å². The zero-order chi connectivity index (χ0) is 31.7. The molecule has 7 rings (SSSR count). The standard InChI is InChI=1S/C29H34F3N7O5/c1-28(2)16-34-23(40)20-7-9-21(10-8-20)35-25-36-24(37-26(38-25)44-18-29(30,31)32)33-15-19-5-11-22(12-6-19)43-14-4-13-39(17-28)27(41)42-3/h5-12H,4,13-18H2,1-3H3,(H,34,40)(H2,33,35,36,37,38). The Morgan fingerprint density at radius 1 is 1.02 bits per heavy atom. The van der Waals surface area contributed by atoms with E-state index in [0.717, 1.165) is 5.56 Å². The largest absolute Gasteiger partial charge is 0.494 e. The highest BCUT2D eigenvalue weighted by molar-refractivity contribution is 5.94. The number of anilines is 3. The number of halogens is 3. The van der Waals surface area contributed by atoms with Gasteiger partial charge in [-0.15, -0.1) is 0 Å². The normalized spacial score (nSPS) is 16.0. The second-order valence-electron chi connectivity index (χ2n) is 10.8. The topological polar surface area (TPSA) is 140 Å². The monoisotopic (exact) mass is 617 g/mol. The Kier molecular flexibility index (Phi) is 10.3. The highest BCUT2D eigenvalue weighted by atomic mass is 19.4. The van der Waals surface area contributed by atoms with Crippen LogP contribution in [0.25, 0.3) is 0 Å². The molecule has 15 heteroatoms. The van der Waals surface area contributed by atoms with E-state index in [1.54, 1.807) is 41.3 Å². The lowest BCUT2D eigenvalue weighted by atomic mass is 9.92. The van der Waals surface area contributed by atoms with Gasteiger partial charge in [0.15, 0.2) is 6.61 Å². The second-order valence-corrected chi connectivity index (χ2v) is 10.8. The van der Waals surface area contributed by atoms with E-state index in [9.17, 15) is 22.8 Å². The molecule has 12 nitrogen and oxygen atoms in total. The van der Waals surface area contributed by atoms with E-state index in [1.165, 1.54) is 7.11 Å². The Bertz CT molecular complexity index is 1420. The Labute approximate surface area is 252 Å². The first kappa shape index (κ1) is 32.1. The molecule has 0 atom stereocenters. The number of methoxy groups -OCH3 is 1. The van der Waals surface area contributed by atoms with Crippen LogP contribution < -0.4 is 25.4 Å².